The Labute approximate surface area is 70.9 Å². The Kier molecular flexibility index (Phi) is 6.24. The van der Waals surface area contributed by atoms with E-state index in [0.29, 0.717) is 6.04 Å². The van der Waals surface area contributed by atoms with Crippen LogP contribution in [0.4, 0.5) is 0 Å². The minimum Gasteiger partial charge on any atom is -0.314 e. The van der Waals surface area contributed by atoms with Crippen molar-refractivity contribution in [2.75, 3.05) is 6.54 Å². The van der Waals surface area contributed by atoms with E-state index in [0.717, 1.165) is 18.9 Å². The van der Waals surface area contributed by atoms with Gasteiger partial charge in [0.25, 0.3) is 0 Å². The van der Waals surface area contributed by atoms with Crippen LogP contribution in [0.1, 0.15) is 33.6 Å². The molecule has 0 aliphatic carbocycles. The Morgan fingerprint density at radius 2 is 2.00 bits per heavy atom. The SMILES string of the molecule is C=CCCNC(C)CC(C)C. The van der Waals surface area contributed by atoms with Gasteiger partial charge in [0.05, 0.1) is 0 Å². The minimum atomic E-state index is 0.648. The maximum Gasteiger partial charge on any atom is 0.00412 e. The molecule has 1 N–H and O–H groups in total. The molecule has 0 aromatic rings. The molecule has 0 bridgehead atoms. The average molecular weight is 155 g/mol. The number of rotatable bonds is 6. The Hall–Kier alpha value is -0.300. The molecule has 1 heteroatoms. The molecular formula is C10H21N. The average Bonchev–Trinajstić information content (AvgIpc) is 1.86. The summed E-state index contributed by atoms with van der Waals surface area (Å²) in [5.74, 6) is 0.793. The van der Waals surface area contributed by atoms with Crippen LogP contribution in [0.25, 0.3) is 0 Å². The van der Waals surface area contributed by atoms with Gasteiger partial charge in [0.2, 0.25) is 0 Å². The van der Waals surface area contributed by atoms with Gasteiger partial charge in [-0.05, 0) is 32.2 Å². The summed E-state index contributed by atoms with van der Waals surface area (Å²) in [6.45, 7) is 11.5. The summed E-state index contributed by atoms with van der Waals surface area (Å²) in [5, 5.41) is 3.44. The number of hydrogen-bond donors (Lipinski definition) is 1. The summed E-state index contributed by atoms with van der Waals surface area (Å²) in [5.41, 5.74) is 0. The lowest BCUT2D eigenvalue weighted by atomic mass is 10.1. The predicted molar refractivity (Wildman–Crippen MR) is 51.7 cm³/mol. The van der Waals surface area contributed by atoms with Crippen LogP contribution in [0.3, 0.4) is 0 Å². The van der Waals surface area contributed by atoms with Gasteiger partial charge in [-0.15, -0.1) is 6.58 Å². The number of hydrogen-bond acceptors (Lipinski definition) is 1. The molecule has 0 aliphatic rings. The van der Waals surface area contributed by atoms with Gasteiger partial charge in [-0.1, -0.05) is 19.9 Å². The van der Waals surface area contributed by atoms with E-state index in [4.69, 9.17) is 0 Å². The van der Waals surface area contributed by atoms with Crippen molar-refractivity contribution >= 4 is 0 Å². The highest BCUT2D eigenvalue weighted by Crippen LogP contribution is 2.03. The van der Waals surface area contributed by atoms with E-state index in [1.54, 1.807) is 0 Å². The van der Waals surface area contributed by atoms with E-state index in [1.807, 2.05) is 6.08 Å². The van der Waals surface area contributed by atoms with Crippen LogP contribution in [-0.2, 0) is 0 Å². The fourth-order valence-corrected chi connectivity index (χ4v) is 1.22. The Morgan fingerprint density at radius 1 is 1.36 bits per heavy atom. The van der Waals surface area contributed by atoms with E-state index in [-0.39, 0.29) is 0 Å². The maximum absolute atomic E-state index is 3.68. The lowest BCUT2D eigenvalue weighted by Crippen LogP contribution is -2.27. The van der Waals surface area contributed by atoms with Crippen LogP contribution in [-0.4, -0.2) is 12.6 Å². The van der Waals surface area contributed by atoms with Crippen molar-refractivity contribution in [2.24, 2.45) is 5.92 Å². The van der Waals surface area contributed by atoms with Crippen molar-refractivity contribution in [3.05, 3.63) is 12.7 Å². The molecule has 1 unspecified atom stereocenters. The molecule has 0 aliphatic heterocycles. The molecule has 0 radical (unpaired) electrons. The van der Waals surface area contributed by atoms with Crippen molar-refractivity contribution < 1.29 is 0 Å². The van der Waals surface area contributed by atoms with Gasteiger partial charge in [0.1, 0.15) is 0 Å². The standard InChI is InChI=1S/C10H21N/c1-5-6-7-11-10(4)8-9(2)3/h5,9-11H,1,6-8H2,2-4H3. The molecular weight excluding hydrogens is 134 g/mol. The molecule has 0 rings (SSSR count). The smallest absolute Gasteiger partial charge is 0.00412 e. The monoisotopic (exact) mass is 155 g/mol. The van der Waals surface area contributed by atoms with Crippen LogP contribution in [0.2, 0.25) is 0 Å². The summed E-state index contributed by atoms with van der Waals surface area (Å²) >= 11 is 0. The van der Waals surface area contributed by atoms with Gasteiger partial charge in [0, 0.05) is 6.04 Å². The van der Waals surface area contributed by atoms with Crippen molar-refractivity contribution in [3.63, 3.8) is 0 Å². The van der Waals surface area contributed by atoms with Crippen LogP contribution in [0.15, 0.2) is 12.7 Å². The first-order valence-corrected chi connectivity index (χ1v) is 4.51. The predicted octanol–water partition coefficient (Wildman–Crippen LogP) is 2.59. The summed E-state index contributed by atoms with van der Waals surface area (Å²) in [6, 6.07) is 0.648. The van der Waals surface area contributed by atoms with E-state index in [9.17, 15) is 0 Å². The lowest BCUT2D eigenvalue weighted by Gasteiger charge is -2.14. The Bertz CT molecular complexity index is 97.0. The molecule has 0 saturated heterocycles. The molecule has 0 heterocycles. The topological polar surface area (TPSA) is 12.0 Å². The minimum absolute atomic E-state index is 0.648. The highest BCUT2D eigenvalue weighted by atomic mass is 14.9. The van der Waals surface area contributed by atoms with Crippen LogP contribution in [0.5, 0.6) is 0 Å². The normalized spacial score (nSPS) is 13.5. The van der Waals surface area contributed by atoms with Gasteiger partial charge in [-0.25, -0.2) is 0 Å². The first-order valence-electron chi connectivity index (χ1n) is 4.51. The second-order valence-corrected chi connectivity index (χ2v) is 3.56. The molecule has 0 aromatic heterocycles. The summed E-state index contributed by atoms with van der Waals surface area (Å²) in [4.78, 5) is 0. The van der Waals surface area contributed by atoms with Crippen LogP contribution < -0.4 is 5.32 Å². The van der Waals surface area contributed by atoms with Gasteiger partial charge in [0.15, 0.2) is 0 Å². The molecule has 1 nitrogen and oxygen atoms in total. The molecule has 11 heavy (non-hydrogen) atoms. The third-order valence-electron chi connectivity index (χ3n) is 1.67. The molecule has 1 atom stereocenters. The van der Waals surface area contributed by atoms with E-state index < -0.39 is 0 Å². The highest BCUT2D eigenvalue weighted by molar-refractivity contribution is 4.70. The number of nitrogens with one attached hydrogen (secondary N) is 1. The van der Waals surface area contributed by atoms with Gasteiger partial charge in [-0.2, -0.15) is 0 Å². The van der Waals surface area contributed by atoms with Crippen LogP contribution in [0, 0.1) is 5.92 Å². The van der Waals surface area contributed by atoms with Crippen molar-refractivity contribution in [2.45, 2.75) is 39.7 Å². The molecule has 0 aromatic carbocycles. The molecule has 0 spiro atoms. The summed E-state index contributed by atoms with van der Waals surface area (Å²) in [7, 11) is 0. The van der Waals surface area contributed by atoms with Crippen LogP contribution >= 0.6 is 0 Å². The lowest BCUT2D eigenvalue weighted by molar-refractivity contribution is 0.446. The first-order chi connectivity index (χ1) is 5.16. The second-order valence-electron chi connectivity index (χ2n) is 3.56. The zero-order valence-electron chi connectivity index (χ0n) is 8.06. The van der Waals surface area contributed by atoms with Crippen molar-refractivity contribution in [1.29, 1.82) is 0 Å². The molecule has 0 fully saturated rings. The fourth-order valence-electron chi connectivity index (χ4n) is 1.22. The summed E-state index contributed by atoms with van der Waals surface area (Å²) < 4.78 is 0. The van der Waals surface area contributed by atoms with Gasteiger partial charge >= 0.3 is 0 Å². The summed E-state index contributed by atoms with van der Waals surface area (Å²) in [6.07, 6.45) is 4.29. The van der Waals surface area contributed by atoms with E-state index >= 15 is 0 Å². The highest BCUT2D eigenvalue weighted by Gasteiger charge is 2.02. The first kappa shape index (κ1) is 10.7. The van der Waals surface area contributed by atoms with Crippen molar-refractivity contribution in [3.8, 4) is 0 Å². The maximum atomic E-state index is 3.68. The van der Waals surface area contributed by atoms with Crippen molar-refractivity contribution in [1.82, 2.24) is 5.32 Å². The third-order valence-corrected chi connectivity index (χ3v) is 1.67. The van der Waals surface area contributed by atoms with Gasteiger partial charge in [-0.3, -0.25) is 0 Å². The Morgan fingerprint density at radius 3 is 2.45 bits per heavy atom. The zero-order valence-corrected chi connectivity index (χ0v) is 8.06. The van der Waals surface area contributed by atoms with E-state index in [1.165, 1.54) is 6.42 Å². The molecule has 0 saturated carbocycles. The fraction of sp³-hybridized carbons (Fsp3) is 0.800. The van der Waals surface area contributed by atoms with Gasteiger partial charge < -0.3 is 5.32 Å². The van der Waals surface area contributed by atoms with E-state index in [2.05, 4.69) is 32.7 Å². The molecule has 66 valence electrons. The Balaban J connectivity index is 3.21. The second kappa shape index (κ2) is 6.41. The zero-order chi connectivity index (χ0) is 8.69. The quantitative estimate of drug-likeness (QED) is 0.459. The molecule has 0 amide bonds. The third kappa shape index (κ3) is 7.60. The largest absolute Gasteiger partial charge is 0.314 e.